The summed E-state index contributed by atoms with van der Waals surface area (Å²) in [4.78, 5) is 21.5. The Labute approximate surface area is 191 Å². The average molecular weight is 472 g/mol. The van der Waals surface area contributed by atoms with Crippen molar-refractivity contribution in [1.82, 2.24) is 19.4 Å². The third kappa shape index (κ3) is 3.96. The predicted molar refractivity (Wildman–Crippen MR) is 120 cm³/mol. The van der Waals surface area contributed by atoms with E-state index in [4.69, 9.17) is 9.47 Å². The molecule has 3 heterocycles. The van der Waals surface area contributed by atoms with Crippen molar-refractivity contribution in [3.63, 3.8) is 0 Å². The summed E-state index contributed by atoms with van der Waals surface area (Å²) >= 11 is 0. The molecule has 1 spiro atoms. The zero-order chi connectivity index (χ0) is 23.2. The summed E-state index contributed by atoms with van der Waals surface area (Å²) in [6.07, 6.45) is 3.99. The number of benzene rings is 1. The Bertz CT molecular complexity index is 1300. The van der Waals surface area contributed by atoms with Gasteiger partial charge in [0.05, 0.1) is 24.3 Å². The highest BCUT2D eigenvalue weighted by molar-refractivity contribution is 7.90. The third-order valence-corrected chi connectivity index (χ3v) is 7.93. The molecule has 2 unspecified atom stereocenters. The Morgan fingerprint density at radius 1 is 1.15 bits per heavy atom. The molecule has 11 heteroatoms. The minimum atomic E-state index is -3.81. The number of nitrogens with zero attached hydrogens (tertiary/aromatic N) is 3. The van der Waals surface area contributed by atoms with Gasteiger partial charge in [0.2, 0.25) is 5.91 Å². The van der Waals surface area contributed by atoms with Crippen molar-refractivity contribution < 1.29 is 22.7 Å². The van der Waals surface area contributed by atoms with E-state index in [9.17, 15) is 13.2 Å². The van der Waals surface area contributed by atoms with Crippen LogP contribution in [0.4, 0.5) is 5.82 Å². The van der Waals surface area contributed by atoms with Crippen molar-refractivity contribution in [3.8, 4) is 0 Å². The second-order valence-electron chi connectivity index (χ2n) is 8.61. The summed E-state index contributed by atoms with van der Waals surface area (Å²) in [6.45, 7) is 5.00. The molecular formula is C22H25N5O5S. The molecule has 174 valence electrons. The molecule has 33 heavy (non-hydrogen) atoms. The fourth-order valence-electron chi connectivity index (χ4n) is 4.52. The number of carbonyl (C=O) groups is 1. The zero-order valence-corrected chi connectivity index (χ0v) is 19.1. The third-order valence-electron chi connectivity index (χ3n) is 6.25. The molecule has 3 aromatic rings. The monoisotopic (exact) mass is 471 g/mol. The average Bonchev–Trinajstić information content (AvgIpc) is 3.51. The SMILES string of the molecule is Cc1ccc(S(=O)(=O)n2ccc3nc(NNC(=O)C4CC5(CC4C)OCCO5)cnc32)cc1. The van der Waals surface area contributed by atoms with Crippen LogP contribution >= 0.6 is 0 Å². The Morgan fingerprint density at radius 3 is 2.61 bits per heavy atom. The number of hydrazine groups is 1. The number of fused-ring (bicyclic) bond motifs is 1. The molecule has 5 rings (SSSR count). The van der Waals surface area contributed by atoms with E-state index in [0.29, 0.717) is 37.4 Å². The van der Waals surface area contributed by atoms with Crippen LogP contribution in [0.15, 0.2) is 47.6 Å². The molecule has 10 nitrogen and oxygen atoms in total. The Kier molecular flexibility index (Phi) is 5.34. The van der Waals surface area contributed by atoms with Crippen molar-refractivity contribution in [2.45, 2.75) is 37.4 Å². The summed E-state index contributed by atoms with van der Waals surface area (Å²) in [6, 6.07) is 8.18. The molecule has 0 radical (unpaired) electrons. The minimum Gasteiger partial charge on any atom is -0.347 e. The highest BCUT2D eigenvalue weighted by Gasteiger charge is 2.50. The number of nitrogens with one attached hydrogen (secondary N) is 2. The van der Waals surface area contributed by atoms with E-state index in [1.165, 1.54) is 12.4 Å². The van der Waals surface area contributed by atoms with Crippen LogP contribution in [0, 0.1) is 18.8 Å². The largest absolute Gasteiger partial charge is 0.347 e. The lowest BCUT2D eigenvalue weighted by molar-refractivity contribution is -0.156. The molecule has 2 aromatic heterocycles. The van der Waals surface area contributed by atoms with Gasteiger partial charge in [-0.2, -0.15) is 0 Å². The van der Waals surface area contributed by atoms with Gasteiger partial charge in [-0.1, -0.05) is 24.6 Å². The number of aryl methyl sites for hydroxylation is 1. The molecule has 1 saturated carbocycles. The second kappa shape index (κ2) is 8.08. The lowest BCUT2D eigenvalue weighted by Crippen LogP contribution is -2.37. The van der Waals surface area contributed by atoms with Crippen molar-refractivity contribution in [2.24, 2.45) is 11.8 Å². The van der Waals surface area contributed by atoms with Crippen molar-refractivity contribution in [2.75, 3.05) is 18.6 Å². The van der Waals surface area contributed by atoms with Crippen LogP contribution < -0.4 is 10.9 Å². The lowest BCUT2D eigenvalue weighted by Gasteiger charge is -2.21. The first kappa shape index (κ1) is 21.8. The van der Waals surface area contributed by atoms with Gasteiger partial charge in [0.25, 0.3) is 10.0 Å². The van der Waals surface area contributed by atoms with Crippen LogP contribution in [0.5, 0.6) is 0 Å². The van der Waals surface area contributed by atoms with Gasteiger partial charge in [0, 0.05) is 25.0 Å². The van der Waals surface area contributed by atoms with Gasteiger partial charge in [0.1, 0.15) is 5.52 Å². The maximum atomic E-state index is 13.0. The Hall–Kier alpha value is -3.02. The molecule has 2 atom stereocenters. The molecule has 1 aromatic carbocycles. The highest BCUT2D eigenvalue weighted by Crippen LogP contribution is 2.44. The van der Waals surface area contributed by atoms with Crippen LogP contribution in [0.3, 0.4) is 0 Å². The summed E-state index contributed by atoms with van der Waals surface area (Å²) < 4.78 is 38.6. The standard InChI is InChI=1S/C22H25N5O5S/c1-14-3-5-16(6-4-14)33(29,30)27-8-7-18-20(27)23-13-19(24-18)25-26-21(28)17-12-22(11-15(17)2)31-9-10-32-22/h3-8,13,15,17H,9-12H2,1-2H3,(H,24,25)(H,26,28). The smallest absolute Gasteiger partial charge is 0.269 e. The Morgan fingerprint density at radius 2 is 1.88 bits per heavy atom. The van der Waals surface area contributed by atoms with E-state index in [0.717, 1.165) is 9.54 Å². The van der Waals surface area contributed by atoms with Crippen molar-refractivity contribution in [1.29, 1.82) is 0 Å². The van der Waals surface area contributed by atoms with E-state index >= 15 is 0 Å². The molecule has 2 N–H and O–H groups in total. The van der Waals surface area contributed by atoms with Gasteiger partial charge in [-0.15, -0.1) is 0 Å². The quantitative estimate of drug-likeness (QED) is 0.543. The molecule has 1 saturated heterocycles. The molecule has 2 aliphatic rings. The number of anilines is 1. The second-order valence-corrected chi connectivity index (χ2v) is 10.4. The van der Waals surface area contributed by atoms with E-state index in [1.807, 2.05) is 13.8 Å². The summed E-state index contributed by atoms with van der Waals surface area (Å²) in [5.41, 5.74) is 7.02. The first-order valence-corrected chi connectivity index (χ1v) is 12.2. The van der Waals surface area contributed by atoms with Crippen LogP contribution in [-0.4, -0.2) is 47.3 Å². The van der Waals surface area contributed by atoms with Gasteiger partial charge in [-0.25, -0.2) is 22.4 Å². The van der Waals surface area contributed by atoms with Crippen LogP contribution in [0.2, 0.25) is 0 Å². The number of carbonyl (C=O) groups excluding carboxylic acids is 1. The fraction of sp³-hybridized carbons (Fsp3) is 0.409. The number of rotatable bonds is 5. The minimum absolute atomic E-state index is 0.111. The maximum absolute atomic E-state index is 13.0. The molecule has 1 aliphatic carbocycles. The Balaban J connectivity index is 1.30. The lowest BCUT2D eigenvalue weighted by atomic mass is 9.98. The molecule has 0 bridgehead atoms. The van der Waals surface area contributed by atoms with Gasteiger partial charge in [-0.05, 0) is 31.0 Å². The van der Waals surface area contributed by atoms with Gasteiger partial charge >= 0.3 is 0 Å². The van der Waals surface area contributed by atoms with Crippen molar-refractivity contribution >= 4 is 32.9 Å². The summed E-state index contributed by atoms with van der Waals surface area (Å²) in [5, 5.41) is 0. The van der Waals surface area contributed by atoms with E-state index in [-0.39, 0.29) is 28.3 Å². The number of ether oxygens (including phenoxy) is 2. The van der Waals surface area contributed by atoms with Gasteiger partial charge in [-0.3, -0.25) is 15.6 Å². The topological polar surface area (TPSA) is 124 Å². The molecule has 1 amide bonds. The first-order valence-electron chi connectivity index (χ1n) is 10.8. The van der Waals surface area contributed by atoms with E-state index in [2.05, 4.69) is 20.8 Å². The number of hydrogen-bond acceptors (Lipinski definition) is 8. The maximum Gasteiger partial charge on any atom is 0.269 e. The van der Waals surface area contributed by atoms with Crippen molar-refractivity contribution in [3.05, 3.63) is 48.3 Å². The number of amides is 1. The first-order chi connectivity index (χ1) is 15.8. The predicted octanol–water partition coefficient (Wildman–Crippen LogP) is 2.21. The zero-order valence-electron chi connectivity index (χ0n) is 18.3. The summed E-state index contributed by atoms with van der Waals surface area (Å²) in [7, 11) is -3.81. The summed E-state index contributed by atoms with van der Waals surface area (Å²) in [5.74, 6) is -0.672. The number of hydrogen-bond donors (Lipinski definition) is 2. The van der Waals surface area contributed by atoms with E-state index < -0.39 is 15.8 Å². The van der Waals surface area contributed by atoms with E-state index in [1.54, 1.807) is 30.3 Å². The molecule has 1 aliphatic heterocycles. The van der Waals surface area contributed by atoms with Crippen LogP contribution in [0.1, 0.15) is 25.3 Å². The highest BCUT2D eigenvalue weighted by atomic mass is 32.2. The van der Waals surface area contributed by atoms with Crippen LogP contribution in [-0.2, 0) is 24.3 Å². The molecular weight excluding hydrogens is 446 g/mol. The van der Waals surface area contributed by atoms with Gasteiger partial charge < -0.3 is 9.47 Å². The number of aromatic nitrogens is 3. The fourth-order valence-corrected chi connectivity index (χ4v) is 5.82. The van der Waals surface area contributed by atoms with Crippen LogP contribution in [0.25, 0.3) is 11.2 Å². The normalized spacial score (nSPS) is 22.1. The molecule has 2 fully saturated rings. The van der Waals surface area contributed by atoms with Gasteiger partial charge in [0.15, 0.2) is 17.3 Å².